The second kappa shape index (κ2) is 5.00. The summed E-state index contributed by atoms with van der Waals surface area (Å²) in [6.45, 7) is 9.09. The zero-order chi connectivity index (χ0) is 9.68. The molecule has 1 aliphatic rings. The molecule has 0 unspecified atom stereocenters. The summed E-state index contributed by atoms with van der Waals surface area (Å²) in [5, 5.41) is 0. The fraction of sp³-hybridized carbons (Fsp3) is 0.583. The van der Waals surface area contributed by atoms with Gasteiger partial charge >= 0.3 is 0 Å². The lowest BCUT2D eigenvalue weighted by atomic mass is 10.2. The summed E-state index contributed by atoms with van der Waals surface area (Å²) in [5.41, 5.74) is 2.71. The molecule has 0 heterocycles. The molecule has 1 aliphatic carbocycles. The third-order valence-corrected chi connectivity index (χ3v) is 2.20. The molecule has 0 aromatic rings. The van der Waals surface area contributed by atoms with Crippen LogP contribution >= 0.6 is 0 Å². The highest BCUT2D eigenvalue weighted by molar-refractivity contribution is 6.02. The van der Waals surface area contributed by atoms with Crippen molar-refractivity contribution in [2.75, 3.05) is 6.54 Å². The van der Waals surface area contributed by atoms with Gasteiger partial charge in [0.05, 0.1) is 0 Å². The Morgan fingerprint density at radius 2 is 2.23 bits per heavy atom. The Bertz CT molecular complexity index is 234. The number of aliphatic imine (C=N–C) groups is 1. The van der Waals surface area contributed by atoms with Crippen molar-refractivity contribution in [3.8, 4) is 0 Å². The van der Waals surface area contributed by atoms with E-state index < -0.39 is 0 Å². The second-order valence-electron chi connectivity index (χ2n) is 3.96. The van der Waals surface area contributed by atoms with Crippen LogP contribution in [0.2, 0.25) is 0 Å². The number of hydrogen-bond acceptors (Lipinski definition) is 1. The van der Waals surface area contributed by atoms with Crippen molar-refractivity contribution < 1.29 is 0 Å². The Balaban J connectivity index is 2.62. The van der Waals surface area contributed by atoms with Gasteiger partial charge in [0.1, 0.15) is 0 Å². The Hall–Kier alpha value is -0.850. The SMILES string of the molecule is C=C/C=C1/CCCC1=NCC(C)C. The van der Waals surface area contributed by atoms with Gasteiger partial charge in [0.15, 0.2) is 0 Å². The van der Waals surface area contributed by atoms with E-state index in [0.717, 1.165) is 13.0 Å². The van der Waals surface area contributed by atoms with Crippen molar-refractivity contribution in [3.05, 3.63) is 24.3 Å². The third kappa shape index (κ3) is 3.17. The van der Waals surface area contributed by atoms with Crippen molar-refractivity contribution >= 4 is 5.71 Å². The molecule has 0 atom stereocenters. The van der Waals surface area contributed by atoms with E-state index in [4.69, 9.17) is 0 Å². The molecule has 0 spiro atoms. The molecule has 0 amide bonds. The molecule has 1 heteroatoms. The summed E-state index contributed by atoms with van der Waals surface area (Å²) < 4.78 is 0. The van der Waals surface area contributed by atoms with E-state index in [1.165, 1.54) is 24.1 Å². The van der Waals surface area contributed by atoms with Gasteiger partial charge in [-0.25, -0.2) is 0 Å². The van der Waals surface area contributed by atoms with Gasteiger partial charge in [-0.15, -0.1) is 0 Å². The van der Waals surface area contributed by atoms with Crippen molar-refractivity contribution in [1.29, 1.82) is 0 Å². The van der Waals surface area contributed by atoms with Crippen LogP contribution in [0.4, 0.5) is 0 Å². The molecule has 1 saturated carbocycles. The van der Waals surface area contributed by atoms with Gasteiger partial charge in [-0.05, 0) is 30.8 Å². The van der Waals surface area contributed by atoms with Gasteiger partial charge in [0, 0.05) is 12.3 Å². The van der Waals surface area contributed by atoms with Crippen molar-refractivity contribution in [3.63, 3.8) is 0 Å². The minimum absolute atomic E-state index is 0.665. The predicted molar refractivity (Wildman–Crippen MR) is 59.3 cm³/mol. The quantitative estimate of drug-likeness (QED) is 0.626. The van der Waals surface area contributed by atoms with Gasteiger partial charge in [-0.3, -0.25) is 4.99 Å². The molecule has 1 fully saturated rings. The Morgan fingerprint density at radius 3 is 2.85 bits per heavy atom. The molecule has 13 heavy (non-hydrogen) atoms. The topological polar surface area (TPSA) is 12.4 Å². The van der Waals surface area contributed by atoms with Crippen molar-refractivity contribution in [2.45, 2.75) is 33.1 Å². The first-order valence-corrected chi connectivity index (χ1v) is 5.09. The summed E-state index contributed by atoms with van der Waals surface area (Å²) in [5.74, 6) is 0.665. The van der Waals surface area contributed by atoms with E-state index in [1.807, 2.05) is 6.08 Å². The van der Waals surface area contributed by atoms with Crippen LogP contribution in [0.1, 0.15) is 33.1 Å². The van der Waals surface area contributed by atoms with Crippen LogP contribution in [0, 0.1) is 5.92 Å². The Labute approximate surface area is 81.3 Å². The van der Waals surface area contributed by atoms with Crippen molar-refractivity contribution in [2.24, 2.45) is 10.9 Å². The zero-order valence-electron chi connectivity index (χ0n) is 8.71. The minimum Gasteiger partial charge on any atom is -0.289 e. The van der Waals surface area contributed by atoms with E-state index in [9.17, 15) is 0 Å². The van der Waals surface area contributed by atoms with E-state index in [1.54, 1.807) is 0 Å². The predicted octanol–water partition coefficient (Wildman–Crippen LogP) is 3.38. The maximum Gasteiger partial charge on any atom is 0.0415 e. The van der Waals surface area contributed by atoms with Gasteiger partial charge in [-0.2, -0.15) is 0 Å². The van der Waals surface area contributed by atoms with Crippen LogP contribution < -0.4 is 0 Å². The monoisotopic (exact) mass is 177 g/mol. The lowest BCUT2D eigenvalue weighted by Crippen LogP contribution is -1.99. The number of hydrogen-bond donors (Lipinski definition) is 0. The maximum atomic E-state index is 4.62. The van der Waals surface area contributed by atoms with E-state index >= 15 is 0 Å². The summed E-state index contributed by atoms with van der Waals surface area (Å²) in [6, 6.07) is 0. The largest absolute Gasteiger partial charge is 0.289 e. The maximum absolute atomic E-state index is 4.62. The molecular weight excluding hydrogens is 158 g/mol. The second-order valence-corrected chi connectivity index (χ2v) is 3.96. The molecule has 0 saturated heterocycles. The third-order valence-electron chi connectivity index (χ3n) is 2.20. The summed E-state index contributed by atoms with van der Waals surface area (Å²) in [4.78, 5) is 4.62. The molecule has 0 aliphatic heterocycles. The molecule has 1 rings (SSSR count). The zero-order valence-corrected chi connectivity index (χ0v) is 8.71. The molecule has 0 aromatic heterocycles. The highest BCUT2D eigenvalue weighted by Gasteiger charge is 2.13. The summed E-state index contributed by atoms with van der Waals surface area (Å²) in [7, 11) is 0. The smallest absolute Gasteiger partial charge is 0.0415 e. The standard InChI is InChI=1S/C12H19N/c1-4-6-11-7-5-8-12(11)13-9-10(2)3/h4,6,10H,1,5,7-9H2,2-3H3/b11-6-,13-12?. The van der Waals surface area contributed by atoms with Crippen molar-refractivity contribution in [1.82, 2.24) is 0 Å². The fourth-order valence-corrected chi connectivity index (χ4v) is 1.55. The molecule has 1 nitrogen and oxygen atoms in total. The molecule has 0 N–H and O–H groups in total. The molecular formula is C12H19N. The number of allylic oxidation sites excluding steroid dienone is 3. The van der Waals surface area contributed by atoms with Crippen LogP contribution in [0.5, 0.6) is 0 Å². The van der Waals surface area contributed by atoms with Gasteiger partial charge in [0.2, 0.25) is 0 Å². The van der Waals surface area contributed by atoms with Gasteiger partial charge in [0.25, 0.3) is 0 Å². The normalized spacial score (nSPS) is 23.3. The van der Waals surface area contributed by atoms with E-state index in [-0.39, 0.29) is 0 Å². The number of nitrogens with zero attached hydrogens (tertiary/aromatic N) is 1. The first kappa shape index (κ1) is 10.2. The molecule has 0 radical (unpaired) electrons. The van der Waals surface area contributed by atoms with E-state index in [0.29, 0.717) is 5.92 Å². The van der Waals surface area contributed by atoms with Crippen LogP contribution in [-0.2, 0) is 0 Å². The summed E-state index contributed by atoms with van der Waals surface area (Å²) in [6.07, 6.45) is 7.57. The van der Waals surface area contributed by atoms with Crippen LogP contribution in [0.15, 0.2) is 29.3 Å². The summed E-state index contributed by atoms with van der Waals surface area (Å²) >= 11 is 0. The van der Waals surface area contributed by atoms with E-state index in [2.05, 4.69) is 31.5 Å². The van der Waals surface area contributed by atoms with Crippen LogP contribution in [0.25, 0.3) is 0 Å². The first-order chi connectivity index (χ1) is 6.24. The van der Waals surface area contributed by atoms with Crippen LogP contribution in [-0.4, -0.2) is 12.3 Å². The first-order valence-electron chi connectivity index (χ1n) is 5.09. The molecule has 72 valence electrons. The fourth-order valence-electron chi connectivity index (χ4n) is 1.55. The average Bonchev–Trinajstić information content (AvgIpc) is 2.49. The molecule has 0 aromatic carbocycles. The average molecular weight is 177 g/mol. The van der Waals surface area contributed by atoms with Gasteiger partial charge in [-0.1, -0.05) is 32.6 Å². The minimum atomic E-state index is 0.665. The lowest BCUT2D eigenvalue weighted by molar-refractivity contribution is 0.665. The Morgan fingerprint density at radius 1 is 1.46 bits per heavy atom. The highest BCUT2D eigenvalue weighted by Crippen LogP contribution is 2.22. The highest BCUT2D eigenvalue weighted by atomic mass is 14.7. The Kier molecular flexibility index (Phi) is 3.94. The molecule has 0 bridgehead atoms. The lowest BCUT2D eigenvalue weighted by Gasteiger charge is -2.02. The number of rotatable bonds is 3. The van der Waals surface area contributed by atoms with Gasteiger partial charge < -0.3 is 0 Å². The van der Waals surface area contributed by atoms with Crippen LogP contribution in [0.3, 0.4) is 0 Å².